The van der Waals surface area contributed by atoms with Crippen molar-refractivity contribution in [3.8, 4) is 0 Å². The maximum Gasteiger partial charge on any atom is 0.204 e. The molecule has 1 N–H and O–H groups in total. The maximum absolute atomic E-state index is 3.99. The highest BCUT2D eigenvalue weighted by atomic mass is 15.5. The van der Waals surface area contributed by atoms with Crippen LogP contribution in [0.1, 0.15) is 20.3 Å². The van der Waals surface area contributed by atoms with E-state index < -0.39 is 0 Å². The van der Waals surface area contributed by atoms with Crippen LogP contribution in [0.15, 0.2) is 10.2 Å². The summed E-state index contributed by atoms with van der Waals surface area (Å²) in [5, 5.41) is 11.3. The van der Waals surface area contributed by atoms with Crippen molar-refractivity contribution in [1.29, 1.82) is 0 Å². The molecule has 50 valence electrons. The normalized spacial score (nSPS) is 33.6. The summed E-state index contributed by atoms with van der Waals surface area (Å²) in [5.74, 6) is 0. The Morgan fingerprint density at radius 2 is 2.00 bits per heavy atom. The smallest absolute Gasteiger partial charge is 0.204 e. The summed E-state index contributed by atoms with van der Waals surface area (Å²) >= 11 is 0. The summed E-state index contributed by atoms with van der Waals surface area (Å²) in [6, 6.07) is 0. The Labute approximate surface area is 54.5 Å². The molecular formula is C6H11N3. The Hall–Kier alpha value is -0.440. The average molecular weight is 125 g/mol. The zero-order chi connectivity index (χ0) is 6.54. The molecule has 2 rings (SSSR count). The van der Waals surface area contributed by atoms with Crippen molar-refractivity contribution in [2.45, 2.75) is 31.5 Å². The van der Waals surface area contributed by atoms with E-state index in [9.17, 15) is 0 Å². The van der Waals surface area contributed by atoms with E-state index in [-0.39, 0.29) is 11.2 Å². The van der Waals surface area contributed by atoms with Crippen LogP contribution in [0, 0.1) is 0 Å². The first-order valence-corrected chi connectivity index (χ1v) is 3.31. The second-order valence-corrected chi connectivity index (χ2v) is 3.60. The lowest BCUT2D eigenvalue weighted by Crippen LogP contribution is -2.31. The lowest BCUT2D eigenvalue weighted by molar-refractivity contribution is 0.450. The summed E-state index contributed by atoms with van der Waals surface area (Å²) in [5.41, 5.74) is 0.271. The van der Waals surface area contributed by atoms with Gasteiger partial charge in [0.1, 0.15) is 0 Å². The minimum atomic E-state index is 0.0174. The molecule has 2 heterocycles. The first-order chi connectivity index (χ1) is 4.12. The third-order valence-corrected chi connectivity index (χ3v) is 1.96. The second kappa shape index (κ2) is 1.19. The lowest BCUT2D eigenvalue weighted by atomic mass is 10.00. The van der Waals surface area contributed by atoms with Gasteiger partial charge in [0.25, 0.3) is 0 Å². The zero-order valence-electron chi connectivity index (χ0n) is 5.81. The summed E-state index contributed by atoms with van der Waals surface area (Å²) in [4.78, 5) is 0. The zero-order valence-corrected chi connectivity index (χ0v) is 5.81. The van der Waals surface area contributed by atoms with Gasteiger partial charge in [-0.1, -0.05) is 0 Å². The molecule has 0 unspecified atom stereocenters. The Bertz CT molecular complexity index is 161. The predicted octanol–water partition coefficient (Wildman–Crippen LogP) is 0.920. The highest BCUT2D eigenvalue weighted by Crippen LogP contribution is 2.40. The van der Waals surface area contributed by atoms with E-state index >= 15 is 0 Å². The molecule has 0 radical (unpaired) electrons. The fraction of sp³-hybridized carbons (Fsp3) is 1.00. The Balaban J connectivity index is 2.09. The third kappa shape index (κ3) is 0.758. The van der Waals surface area contributed by atoms with Crippen molar-refractivity contribution in [3.05, 3.63) is 0 Å². The first-order valence-electron chi connectivity index (χ1n) is 3.31. The molecule has 1 fully saturated rings. The molecule has 0 aromatic heterocycles. The van der Waals surface area contributed by atoms with E-state index in [1.54, 1.807) is 0 Å². The number of nitrogens with one attached hydrogen (secondary N) is 1. The molecular weight excluding hydrogens is 114 g/mol. The summed E-state index contributed by atoms with van der Waals surface area (Å²) < 4.78 is 0. The van der Waals surface area contributed by atoms with Crippen molar-refractivity contribution >= 4 is 0 Å². The summed E-state index contributed by atoms with van der Waals surface area (Å²) in [6.07, 6.45) is 1.07. The van der Waals surface area contributed by atoms with Crippen molar-refractivity contribution in [2.24, 2.45) is 10.2 Å². The number of hydrogen-bond acceptors (Lipinski definition) is 3. The maximum atomic E-state index is 3.99. The first kappa shape index (κ1) is 5.35. The van der Waals surface area contributed by atoms with Gasteiger partial charge in [-0.25, -0.2) is 0 Å². The van der Waals surface area contributed by atoms with Gasteiger partial charge in [-0.3, -0.25) is 0 Å². The van der Waals surface area contributed by atoms with Gasteiger partial charge in [-0.05, 0) is 13.8 Å². The Morgan fingerprint density at radius 3 is 2.22 bits per heavy atom. The summed E-state index contributed by atoms with van der Waals surface area (Å²) in [6.45, 7) is 5.32. The lowest BCUT2D eigenvalue weighted by Gasteiger charge is -2.15. The monoisotopic (exact) mass is 125 g/mol. The van der Waals surface area contributed by atoms with Crippen LogP contribution in [0.4, 0.5) is 0 Å². The molecule has 0 aromatic rings. The van der Waals surface area contributed by atoms with Gasteiger partial charge in [-0.15, -0.1) is 0 Å². The molecule has 0 aliphatic carbocycles. The molecule has 2 aliphatic heterocycles. The number of rotatable bonds is 0. The molecule has 0 atom stereocenters. The van der Waals surface area contributed by atoms with Crippen LogP contribution in [0.25, 0.3) is 0 Å². The van der Waals surface area contributed by atoms with Gasteiger partial charge in [0.15, 0.2) is 0 Å². The molecule has 2 aliphatic rings. The van der Waals surface area contributed by atoms with Gasteiger partial charge in [0.2, 0.25) is 5.66 Å². The van der Waals surface area contributed by atoms with Gasteiger partial charge < -0.3 is 5.32 Å². The Morgan fingerprint density at radius 1 is 1.33 bits per heavy atom. The number of hydrogen-bond donors (Lipinski definition) is 1. The standard InChI is InChI=1S/C6H11N3/c1-5(2)3-6(4-7-5)8-9-6/h7H,3-4H2,1-2H3. The largest absolute Gasteiger partial charge is 0.307 e. The van der Waals surface area contributed by atoms with E-state index in [1.165, 1.54) is 0 Å². The van der Waals surface area contributed by atoms with Crippen molar-refractivity contribution in [3.63, 3.8) is 0 Å². The van der Waals surface area contributed by atoms with Crippen LogP contribution < -0.4 is 5.32 Å². The second-order valence-electron chi connectivity index (χ2n) is 3.60. The average Bonchev–Trinajstić information content (AvgIpc) is 2.36. The highest BCUT2D eigenvalue weighted by molar-refractivity contribution is 5.08. The van der Waals surface area contributed by atoms with Crippen molar-refractivity contribution in [2.75, 3.05) is 6.54 Å². The van der Waals surface area contributed by atoms with E-state index in [0.29, 0.717) is 0 Å². The predicted molar refractivity (Wildman–Crippen MR) is 34.3 cm³/mol. The van der Waals surface area contributed by atoms with Crippen LogP contribution in [-0.4, -0.2) is 17.7 Å². The molecule has 0 amide bonds. The van der Waals surface area contributed by atoms with Crippen molar-refractivity contribution < 1.29 is 0 Å². The van der Waals surface area contributed by atoms with Crippen LogP contribution in [-0.2, 0) is 0 Å². The van der Waals surface area contributed by atoms with E-state index in [2.05, 4.69) is 29.4 Å². The van der Waals surface area contributed by atoms with Crippen LogP contribution in [0.2, 0.25) is 0 Å². The fourth-order valence-electron chi connectivity index (χ4n) is 1.43. The molecule has 0 aromatic carbocycles. The minimum absolute atomic E-state index is 0.0174. The van der Waals surface area contributed by atoms with Crippen LogP contribution in [0.5, 0.6) is 0 Å². The Kier molecular flexibility index (Phi) is 0.706. The van der Waals surface area contributed by atoms with Gasteiger partial charge in [0, 0.05) is 18.5 Å². The van der Waals surface area contributed by atoms with E-state index in [4.69, 9.17) is 0 Å². The minimum Gasteiger partial charge on any atom is -0.307 e. The molecule has 1 spiro atoms. The van der Waals surface area contributed by atoms with E-state index in [0.717, 1.165) is 13.0 Å². The van der Waals surface area contributed by atoms with Gasteiger partial charge >= 0.3 is 0 Å². The molecule has 3 heteroatoms. The van der Waals surface area contributed by atoms with Crippen molar-refractivity contribution in [1.82, 2.24) is 5.32 Å². The van der Waals surface area contributed by atoms with Crippen LogP contribution >= 0.6 is 0 Å². The van der Waals surface area contributed by atoms with Crippen LogP contribution in [0.3, 0.4) is 0 Å². The highest BCUT2D eigenvalue weighted by Gasteiger charge is 2.50. The molecule has 9 heavy (non-hydrogen) atoms. The molecule has 0 bridgehead atoms. The van der Waals surface area contributed by atoms with Gasteiger partial charge in [0.05, 0.1) is 0 Å². The third-order valence-electron chi connectivity index (χ3n) is 1.96. The number of nitrogens with zero attached hydrogens (tertiary/aromatic N) is 2. The topological polar surface area (TPSA) is 36.8 Å². The summed E-state index contributed by atoms with van der Waals surface area (Å²) in [7, 11) is 0. The fourth-order valence-corrected chi connectivity index (χ4v) is 1.43. The molecule has 3 nitrogen and oxygen atoms in total. The SMILES string of the molecule is CC1(C)CC2(CN1)N=N2. The molecule has 0 saturated carbocycles. The van der Waals surface area contributed by atoms with Gasteiger partial charge in [-0.2, -0.15) is 10.2 Å². The molecule has 1 saturated heterocycles. The van der Waals surface area contributed by atoms with E-state index in [1.807, 2.05) is 0 Å². The quantitative estimate of drug-likeness (QED) is 0.513.